The summed E-state index contributed by atoms with van der Waals surface area (Å²) in [5.41, 5.74) is 1.66. The van der Waals surface area contributed by atoms with Crippen LogP contribution in [-0.2, 0) is 16.1 Å². The molecule has 1 aliphatic rings. The Labute approximate surface area is 176 Å². The SMILES string of the molecule is Cc1ccc(F)c(CN2CCN(C(=O)CNC(=O)CC(CCF)CCCF)CC2)c1. The third-order valence-electron chi connectivity index (χ3n) is 5.49. The van der Waals surface area contributed by atoms with Gasteiger partial charge < -0.3 is 10.2 Å². The van der Waals surface area contributed by atoms with E-state index in [1.54, 1.807) is 11.0 Å². The molecule has 0 aromatic heterocycles. The fourth-order valence-electron chi connectivity index (χ4n) is 3.71. The number of halogens is 3. The summed E-state index contributed by atoms with van der Waals surface area (Å²) < 4.78 is 38.8. The highest BCUT2D eigenvalue weighted by atomic mass is 19.1. The average Bonchev–Trinajstić information content (AvgIpc) is 2.73. The molecule has 1 aromatic rings. The van der Waals surface area contributed by atoms with Crippen molar-refractivity contribution in [1.29, 1.82) is 0 Å². The van der Waals surface area contributed by atoms with Crippen molar-refractivity contribution in [3.8, 4) is 0 Å². The predicted octanol–water partition coefficient (Wildman–Crippen LogP) is 3.01. The summed E-state index contributed by atoms with van der Waals surface area (Å²) in [6.45, 7) is 3.61. The van der Waals surface area contributed by atoms with Gasteiger partial charge in [0.1, 0.15) is 5.82 Å². The number of piperazine rings is 1. The first kappa shape index (κ1) is 24.2. The minimum absolute atomic E-state index is 0.100. The highest BCUT2D eigenvalue weighted by Gasteiger charge is 2.22. The number of nitrogens with zero attached hydrogens (tertiary/aromatic N) is 2. The summed E-state index contributed by atoms with van der Waals surface area (Å²) in [7, 11) is 0. The van der Waals surface area contributed by atoms with Crippen LogP contribution in [0.2, 0.25) is 0 Å². The molecule has 1 aliphatic heterocycles. The normalized spacial score (nSPS) is 15.8. The molecule has 1 N–H and O–H groups in total. The second kappa shape index (κ2) is 12.6. The van der Waals surface area contributed by atoms with Crippen LogP contribution in [0.3, 0.4) is 0 Å². The predicted molar refractivity (Wildman–Crippen MR) is 110 cm³/mol. The van der Waals surface area contributed by atoms with Crippen molar-refractivity contribution >= 4 is 11.8 Å². The lowest BCUT2D eigenvalue weighted by atomic mass is 9.96. The van der Waals surface area contributed by atoms with Gasteiger partial charge >= 0.3 is 0 Å². The number of benzene rings is 1. The van der Waals surface area contributed by atoms with E-state index in [2.05, 4.69) is 10.2 Å². The van der Waals surface area contributed by atoms with Crippen LogP contribution in [0.4, 0.5) is 13.2 Å². The Morgan fingerprint density at radius 1 is 1.10 bits per heavy atom. The molecule has 0 saturated carbocycles. The van der Waals surface area contributed by atoms with Crippen molar-refractivity contribution in [3.05, 3.63) is 35.1 Å². The Bertz CT molecular complexity index is 694. The van der Waals surface area contributed by atoms with Gasteiger partial charge in [0, 0.05) is 44.7 Å². The number of amides is 2. The first-order chi connectivity index (χ1) is 14.4. The van der Waals surface area contributed by atoms with E-state index in [-0.39, 0.29) is 42.9 Å². The summed E-state index contributed by atoms with van der Waals surface area (Å²) >= 11 is 0. The van der Waals surface area contributed by atoms with E-state index in [0.29, 0.717) is 51.1 Å². The summed E-state index contributed by atoms with van der Waals surface area (Å²) in [6.07, 6.45) is 1.11. The lowest BCUT2D eigenvalue weighted by Gasteiger charge is -2.35. The number of hydrogen-bond donors (Lipinski definition) is 1. The molecule has 5 nitrogen and oxygen atoms in total. The maximum atomic E-state index is 13.9. The van der Waals surface area contributed by atoms with Crippen LogP contribution >= 0.6 is 0 Å². The first-order valence-electron chi connectivity index (χ1n) is 10.6. The van der Waals surface area contributed by atoms with E-state index in [4.69, 9.17) is 0 Å². The molecule has 0 radical (unpaired) electrons. The number of hydrogen-bond acceptors (Lipinski definition) is 3. The van der Waals surface area contributed by atoms with Gasteiger partial charge in [-0.05, 0) is 38.2 Å². The van der Waals surface area contributed by atoms with Gasteiger partial charge in [-0.2, -0.15) is 0 Å². The molecule has 168 valence electrons. The van der Waals surface area contributed by atoms with E-state index >= 15 is 0 Å². The molecular weight excluding hydrogens is 395 g/mol. The number of nitrogens with one attached hydrogen (secondary N) is 1. The third-order valence-corrected chi connectivity index (χ3v) is 5.49. The number of carbonyl (C=O) groups excluding carboxylic acids is 2. The van der Waals surface area contributed by atoms with Crippen molar-refractivity contribution in [2.24, 2.45) is 5.92 Å². The molecule has 0 bridgehead atoms. The molecule has 1 fully saturated rings. The molecule has 1 unspecified atom stereocenters. The molecular formula is C22H32F3N3O2. The van der Waals surface area contributed by atoms with Gasteiger partial charge in [0.05, 0.1) is 19.9 Å². The van der Waals surface area contributed by atoms with Gasteiger partial charge in [-0.1, -0.05) is 17.7 Å². The molecule has 30 heavy (non-hydrogen) atoms. The maximum absolute atomic E-state index is 13.9. The van der Waals surface area contributed by atoms with Crippen LogP contribution in [0.15, 0.2) is 18.2 Å². The van der Waals surface area contributed by atoms with E-state index in [1.807, 2.05) is 13.0 Å². The Morgan fingerprint density at radius 2 is 1.83 bits per heavy atom. The number of carbonyl (C=O) groups is 2. The van der Waals surface area contributed by atoms with Crippen molar-refractivity contribution in [2.45, 2.75) is 39.2 Å². The zero-order valence-electron chi connectivity index (χ0n) is 17.6. The van der Waals surface area contributed by atoms with E-state index in [1.165, 1.54) is 6.07 Å². The largest absolute Gasteiger partial charge is 0.347 e. The molecule has 1 aromatic carbocycles. The molecule has 1 saturated heterocycles. The van der Waals surface area contributed by atoms with Crippen LogP contribution in [0.1, 0.15) is 36.8 Å². The Balaban J connectivity index is 1.72. The lowest BCUT2D eigenvalue weighted by molar-refractivity contribution is -0.134. The first-order valence-corrected chi connectivity index (χ1v) is 10.6. The zero-order valence-corrected chi connectivity index (χ0v) is 17.6. The summed E-state index contributed by atoms with van der Waals surface area (Å²) in [5, 5.41) is 2.60. The molecule has 8 heteroatoms. The van der Waals surface area contributed by atoms with Gasteiger partial charge in [-0.3, -0.25) is 23.3 Å². The minimum atomic E-state index is -0.542. The monoisotopic (exact) mass is 427 g/mol. The van der Waals surface area contributed by atoms with Crippen molar-refractivity contribution < 1.29 is 22.8 Å². The average molecular weight is 428 g/mol. The van der Waals surface area contributed by atoms with Crippen LogP contribution in [0.5, 0.6) is 0 Å². The number of rotatable bonds is 11. The van der Waals surface area contributed by atoms with E-state index in [9.17, 15) is 22.8 Å². The second-order valence-electron chi connectivity index (χ2n) is 7.91. The van der Waals surface area contributed by atoms with Crippen molar-refractivity contribution in [1.82, 2.24) is 15.1 Å². The summed E-state index contributed by atoms with van der Waals surface area (Å²) in [6, 6.07) is 5.06. The van der Waals surface area contributed by atoms with Gasteiger partial charge in [-0.15, -0.1) is 0 Å². The quantitative estimate of drug-likeness (QED) is 0.591. The minimum Gasteiger partial charge on any atom is -0.347 e. The Kier molecular flexibility index (Phi) is 10.1. The number of alkyl halides is 2. The highest BCUT2D eigenvalue weighted by molar-refractivity contribution is 5.84. The van der Waals surface area contributed by atoms with Crippen molar-refractivity contribution in [2.75, 3.05) is 46.1 Å². The molecule has 0 aliphatic carbocycles. The molecule has 2 amide bonds. The third kappa shape index (κ3) is 7.97. The topological polar surface area (TPSA) is 52.6 Å². The van der Waals surface area contributed by atoms with Gasteiger partial charge in [0.2, 0.25) is 11.8 Å². The van der Waals surface area contributed by atoms with Crippen LogP contribution in [0, 0.1) is 18.7 Å². The summed E-state index contributed by atoms with van der Waals surface area (Å²) in [5.74, 6) is -0.907. The van der Waals surface area contributed by atoms with Crippen LogP contribution in [0.25, 0.3) is 0 Å². The van der Waals surface area contributed by atoms with E-state index < -0.39 is 13.3 Å². The second-order valence-corrected chi connectivity index (χ2v) is 7.91. The fraction of sp³-hybridized carbons (Fsp3) is 0.636. The smallest absolute Gasteiger partial charge is 0.242 e. The molecule has 2 rings (SSSR count). The van der Waals surface area contributed by atoms with Crippen LogP contribution < -0.4 is 5.32 Å². The molecule has 1 atom stereocenters. The molecule has 0 spiro atoms. The Morgan fingerprint density at radius 3 is 2.50 bits per heavy atom. The van der Waals surface area contributed by atoms with E-state index in [0.717, 1.165) is 5.56 Å². The summed E-state index contributed by atoms with van der Waals surface area (Å²) in [4.78, 5) is 28.2. The standard InChI is InChI=1S/C22H32F3N3O2/c1-17-4-5-20(25)19(13-17)16-27-9-11-28(12-10-27)22(30)15-26-21(29)14-18(6-8-24)3-2-7-23/h4-5,13,18H,2-3,6-12,14-16H2,1H3,(H,26,29). The van der Waals surface area contributed by atoms with Gasteiger partial charge in [0.25, 0.3) is 0 Å². The number of aryl methyl sites for hydroxylation is 1. The lowest BCUT2D eigenvalue weighted by Crippen LogP contribution is -2.51. The van der Waals surface area contributed by atoms with Gasteiger partial charge in [0.15, 0.2) is 0 Å². The molecule has 1 heterocycles. The van der Waals surface area contributed by atoms with Gasteiger partial charge in [-0.25, -0.2) is 4.39 Å². The van der Waals surface area contributed by atoms with Crippen LogP contribution in [-0.4, -0.2) is 67.7 Å². The fourth-order valence-corrected chi connectivity index (χ4v) is 3.71. The Hall–Kier alpha value is -2.09. The highest BCUT2D eigenvalue weighted by Crippen LogP contribution is 2.17. The van der Waals surface area contributed by atoms with Crippen molar-refractivity contribution in [3.63, 3.8) is 0 Å². The maximum Gasteiger partial charge on any atom is 0.242 e. The zero-order chi connectivity index (χ0) is 21.9.